The molecule has 0 aliphatic heterocycles. The minimum absolute atomic E-state index is 0.0653. The molecule has 0 spiro atoms. The van der Waals surface area contributed by atoms with E-state index in [0.717, 1.165) is 24.1 Å². The van der Waals surface area contributed by atoms with E-state index in [1.165, 1.54) is 0 Å². The topological polar surface area (TPSA) is 57.8 Å². The second-order valence-electron chi connectivity index (χ2n) is 4.92. The Morgan fingerprint density at radius 2 is 1.95 bits per heavy atom. The van der Waals surface area contributed by atoms with Gasteiger partial charge in [-0.3, -0.25) is 9.89 Å². The first kappa shape index (κ1) is 14.3. The first-order valence-electron chi connectivity index (χ1n) is 7.13. The van der Waals surface area contributed by atoms with Gasteiger partial charge in [-0.25, -0.2) is 0 Å². The quantitative estimate of drug-likeness (QED) is 0.847. The van der Waals surface area contributed by atoms with Crippen LogP contribution in [0.5, 0.6) is 0 Å². The van der Waals surface area contributed by atoms with Gasteiger partial charge in [-0.2, -0.15) is 5.10 Å². The Morgan fingerprint density at radius 1 is 1.25 bits per heavy atom. The molecule has 0 atom stereocenters. The van der Waals surface area contributed by atoms with Crippen LogP contribution in [0.1, 0.15) is 37.0 Å². The Bertz CT molecular complexity index is 544. The zero-order valence-corrected chi connectivity index (χ0v) is 12.0. The van der Waals surface area contributed by atoms with Crippen molar-refractivity contribution in [2.75, 3.05) is 6.54 Å². The first-order chi connectivity index (χ1) is 9.76. The van der Waals surface area contributed by atoms with Gasteiger partial charge >= 0.3 is 0 Å². The predicted octanol–water partition coefficient (Wildman–Crippen LogP) is 3.24. The highest BCUT2D eigenvalue weighted by molar-refractivity contribution is 5.99. The van der Waals surface area contributed by atoms with Crippen molar-refractivity contribution in [3.63, 3.8) is 0 Å². The molecular formula is C16H21N3O. The standard InChI is InChI=1S/C16H21N3O/c1-3-12(4-2)10-17-16(20)14-11-18-19-15(14)13-8-6-5-7-9-13/h5-9,11-12H,3-4,10H2,1-2H3,(H,17,20)(H,18,19). The van der Waals surface area contributed by atoms with E-state index in [1.807, 2.05) is 30.3 Å². The molecule has 0 radical (unpaired) electrons. The third-order valence-electron chi connectivity index (χ3n) is 3.65. The fraction of sp³-hybridized carbons (Fsp3) is 0.375. The maximum Gasteiger partial charge on any atom is 0.255 e. The molecule has 1 aromatic heterocycles. The minimum Gasteiger partial charge on any atom is -0.352 e. The molecule has 0 aliphatic rings. The number of carbonyl (C=O) groups excluding carboxylic acids is 1. The molecule has 4 heteroatoms. The molecule has 0 saturated carbocycles. The van der Waals surface area contributed by atoms with Crippen LogP contribution >= 0.6 is 0 Å². The number of nitrogens with one attached hydrogen (secondary N) is 2. The molecule has 1 amide bonds. The van der Waals surface area contributed by atoms with Crippen LogP contribution in [0.15, 0.2) is 36.5 Å². The van der Waals surface area contributed by atoms with Gasteiger partial charge in [-0.15, -0.1) is 0 Å². The Kier molecular flexibility index (Phi) is 4.93. The summed E-state index contributed by atoms with van der Waals surface area (Å²) in [6, 6.07) is 9.77. The molecule has 0 unspecified atom stereocenters. The molecule has 20 heavy (non-hydrogen) atoms. The monoisotopic (exact) mass is 271 g/mol. The summed E-state index contributed by atoms with van der Waals surface area (Å²) in [7, 11) is 0. The van der Waals surface area contributed by atoms with Crippen LogP contribution in [0.3, 0.4) is 0 Å². The van der Waals surface area contributed by atoms with E-state index >= 15 is 0 Å². The van der Waals surface area contributed by atoms with E-state index < -0.39 is 0 Å². The lowest BCUT2D eigenvalue weighted by Gasteiger charge is -2.13. The maximum absolute atomic E-state index is 12.3. The fourth-order valence-corrected chi connectivity index (χ4v) is 2.19. The van der Waals surface area contributed by atoms with Crippen LogP contribution in [0, 0.1) is 5.92 Å². The van der Waals surface area contributed by atoms with Crippen molar-refractivity contribution in [1.82, 2.24) is 15.5 Å². The fourth-order valence-electron chi connectivity index (χ4n) is 2.19. The number of amides is 1. The molecular weight excluding hydrogens is 250 g/mol. The largest absolute Gasteiger partial charge is 0.352 e. The highest BCUT2D eigenvalue weighted by Crippen LogP contribution is 2.20. The normalized spacial score (nSPS) is 10.8. The van der Waals surface area contributed by atoms with Gasteiger partial charge in [0.15, 0.2) is 0 Å². The molecule has 0 bridgehead atoms. The van der Waals surface area contributed by atoms with Crippen molar-refractivity contribution < 1.29 is 4.79 Å². The maximum atomic E-state index is 12.3. The molecule has 4 nitrogen and oxygen atoms in total. The number of H-pyrrole nitrogens is 1. The van der Waals surface area contributed by atoms with Gasteiger partial charge in [0.2, 0.25) is 0 Å². The summed E-state index contributed by atoms with van der Waals surface area (Å²) in [5.41, 5.74) is 2.34. The van der Waals surface area contributed by atoms with Gasteiger partial charge in [-0.1, -0.05) is 57.0 Å². The average Bonchev–Trinajstić information content (AvgIpc) is 2.98. The van der Waals surface area contributed by atoms with Gasteiger partial charge in [-0.05, 0) is 5.92 Å². The van der Waals surface area contributed by atoms with Crippen LogP contribution in [0.4, 0.5) is 0 Å². The molecule has 106 valence electrons. The van der Waals surface area contributed by atoms with E-state index in [4.69, 9.17) is 0 Å². The number of aromatic nitrogens is 2. The number of carbonyl (C=O) groups is 1. The molecule has 2 N–H and O–H groups in total. The Balaban J connectivity index is 2.10. The number of benzene rings is 1. The summed E-state index contributed by atoms with van der Waals surface area (Å²) < 4.78 is 0. The highest BCUT2D eigenvalue weighted by Gasteiger charge is 2.15. The lowest BCUT2D eigenvalue weighted by Crippen LogP contribution is -2.29. The van der Waals surface area contributed by atoms with Gasteiger partial charge in [0, 0.05) is 12.1 Å². The van der Waals surface area contributed by atoms with Gasteiger partial charge in [0.1, 0.15) is 0 Å². The number of hydrogen-bond acceptors (Lipinski definition) is 2. The lowest BCUT2D eigenvalue weighted by atomic mass is 10.0. The van der Waals surface area contributed by atoms with E-state index in [1.54, 1.807) is 6.20 Å². The molecule has 0 saturated heterocycles. The van der Waals surface area contributed by atoms with E-state index in [-0.39, 0.29) is 5.91 Å². The summed E-state index contributed by atoms with van der Waals surface area (Å²) in [5, 5.41) is 9.91. The number of hydrogen-bond donors (Lipinski definition) is 2. The van der Waals surface area contributed by atoms with Gasteiger partial charge in [0.05, 0.1) is 17.5 Å². The van der Waals surface area contributed by atoms with Gasteiger partial charge in [0.25, 0.3) is 5.91 Å². The summed E-state index contributed by atoms with van der Waals surface area (Å²) in [6.07, 6.45) is 3.74. The number of nitrogens with zero attached hydrogens (tertiary/aromatic N) is 1. The molecule has 0 fully saturated rings. The van der Waals surface area contributed by atoms with Crippen LogP contribution < -0.4 is 5.32 Å². The van der Waals surface area contributed by atoms with E-state index in [0.29, 0.717) is 18.0 Å². The zero-order chi connectivity index (χ0) is 14.4. The van der Waals surface area contributed by atoms with Crippen LogP contribution in [-0.2, 0) is 0 Å². The summed E-state index contributed by atoms with van der Waals surface area (Å²) in [6.45, 7) is 5.01. The smallest absolute Gasteiger partial charge is 0.255 e. The number of rotatable bonds is 6. The van der Waals surface area contributed by atoms with E-state index in [2.05, 4.69) is 29.4 Å². The Labute approximate surface area is 119 Å². The highest BCUT2D eigenvalue weighted by atomic mass is 16.1. The van der Waals surface area contributed by atoms with Crippen molar-refractivity contribution in [3.8, 4) is 11.3 Å². The van der Waals surface area contributed by atoms with E-state index in [9.17, 15) is 4.79 Å². The predicted molar refractivity (Wildman–Crippen MR) is 80.4 cm³/mol. The minimum atomic E-state index is -0.0653. The molecule has 0 aliphatic carbocycles. The second kappa shape index (κ2) is 6.89. The third kappa shape index (κ3) is 3.26. The van der Waals surface area contributed by atoms with Crippen molar-refractivity contribution in [3.05, 3.63) is 42.1 Å². The summed E-state index contributed by atoms with van der Waals surface area (Å²) in [4.78, 5) is 12.3. The first-order valence-corrected chi connectivity index (χ1v) is 7.13. The van der Waals surface area contributed by atoms with Crippen LogP contribution in [0.2, 0.25) is 0 Å². The second-order valence-corrected chi connectivity index (χ2v) is 4.92. The van der Waals surface area contributed by atoms with Crippen LogP contribution in [-0.4, -0.2) is 22.6 Å². The molecule has 1 heterocycles. The third-order valence-corrected chi connectivity index (χ3v) is 3.65. The van der Waals surface area contributed by atoms with Crippen molar-refractivity contribution in [1.29, 1.82) is 0 Å². The van der Waals surface area contributed by atoms with Crippen molar-refractivity contribution in [2.45, 2.75) is 26.7 Å². The molecule has 1 aromatic carbocycles. The molecule has 2 rings (SSSR count). The Morgan fingerprint density at radius 3 is 2.60 bits per heavy atom. The molecule has 2 aromatic rings. The summed E-state index contributed by atoms with van der Waals surface area (Å²) >= 11 is 0. The average molecular weight is 271 g/mol. The number of aromatic amines is 1. The van der Waals surface area contributed by atoms with Crippen molar-refractivity contribution >= 4 is 5.91 Å². The van der Waals surface area contributed by atoms with Crippen molar-refractivity contribution in [2.24, 2.45) is 5.92 Å². The Hall–Kier alpha value is -2.10. The van der Waals surface area contributed by atoms with Crippen LogP contribution in [0.25, 0.3) is 11.3 Å². The SMILES string of the molecule is CCC(CC)CNC(=O)c1cn[nH]c1-c1ccccc1. The summed E-state index contributed by atoms with van der Waals surface area (Å²) in [5.74, 6) is 0.468. The van der Waals surface area contributed by atoms with Gasteiger partial charge < -0.3 is 5.32 Å². The zero-order valence-electron chi connectivity index (χ0n) is 12.0. The lowest BCUT2D eigenvalue weighted by molar-refractivity contribution is 0.0947.